The summed E-state index contributed by atoms with van der Waals surface area (Å²) in [5, 5.41) is 5.67. The predicted molar refractivity (Wildman–Crippen MR) is 91.1 cm³/mol. The van der Waals surface area contributed by atoms with Crippen molar-refractivity contribution in [1.82, 2.24) is 9.78 Å². The van der Waals surface area contributed by atoms with Crippen molar-refractivity contribution in [2.24, 2.45) is 0 Å². The summed E-state index contributed by atoms with van der Waals surface area (Å²) >= 11 is 15.6. The largest absolute Gasteiger partial charge is 0.396 e. The number of nitrogen functional groups attached to an aromatic ring is 1. The molecule has 1 aromatic heterocycles. The highest BCUT2D eigenvalue weighted by Gasteiger charge is 2.13. The molecule has 0 aliphatic heterocycles. The number of nitrogens with zero attached hydrogens (tertiary/aromatic N) is 2. The second-order valence-corrected chi connectivity index (χ2v) is 6.24. The van der Waals surface area contributed by atoms with Gasteiger partial charge in [-0.05, 0) is 42.5 Å². The van der Waals surface area contributed by atoms with Crippen LogP contribution in [0.2, 0.25) is 10.0 Å². The molecule has 0 saturated carbocycles. The van der Waals surface area contributed by atoms with E-state index in [-0.39, 0.29) is 0 Å². The fraction of sp³-hybridized carbons (Fsp3) is 0. The maximum absolute atomic E-state index is 6.21. The second kappa shape index (κ2) is 5.72. The molecule has 0 aliphatic carbocycles. The maximum Gasteiger partial charge on any atom is 0.117 e. The van der Waals surface area contributed by atoms with Gasteiger partial charge in [-0.3, -0.25) is 0 Å². The van der Waals surface area contributed by atoms with E-state index in [0.717, 1.165) is 15.7 Å². The molecule has 0 saturated heterocycles. The summed E-state index contributed by atoms with van der Waals surface area (Å²) in [5.74, 6) is 0. The summed E-state index contributed by atoms with van der Waals surface area (Å²) in [6.07, 6.45) is 1.76. The van der Waals surface area contributed by atoms with E-state index in [2.05, 4.69) is 21.0 Å². The number of benzene rings is 2. The van der Waals surface area contributed by atoms with Crippen LogP contribution < -0.4 is 5.73 Å². The van der Waals surface area contributed by atoms with Crippen molar-refractivity contribution in [3.8, 4) is 16.9 Å². The molecule has 6 heteroatoms. The number of nitrogens with two attached hydrogens (primary N) is 1. The molecule has 0 aliphatic rings. The minimum absolute atomic E-state index is 0.544. The number of hydrogen-bond acceptors (Lipinski definition) is 2. The van der Waals surface area contributed by atoms with Gasteiger partial charge in [0.1, 0.15) is 5.69 Å². The second-order valence-electron chi connectivity index (χ2n) is 4.48. The summed E-state index contributed by atoms with van der Waals surface area (Å²) in [6.45, 7) is 0. The molecule has 21 heavy (non-hydrogen) atoms. The van der Waals surface area contributed by atoms with E-state index in [9.17, 15) is 0 Å². The summed E-state index contributed by atoms with van der Waals surface area (Å²) in [7, 11) is 0. The molecule has 1 heterocycles. The van der Waals surface area contributed by atoms with E-state index < -0.39 is 0 Å². The Morgan fingerprint density at radius 3 is 2.48 bits per heavy atom. The highest BCUT2D eigenvalue weighted by atomic mass is 79.9. The zero-order chi connectivity index (χ0) is 15.0. The Kier molecular flexibility index (Phi) is 3.93. The molecular formula is C15H10BrCl2N3. The van der Waals surface area contributed by atoms with Crippen LogP contribution in [0, 0.1) is 0 Å². The number of rotatable bonds is 2. The normalized spacial score (nSPS) is 10.8. The average molecular weight is 383 g/mol. The number of halogens is 3. The Balaban J connectivity index is 2.09. The molecule has 106 valence electrons. The first-order chi connectivity index (χ1) is 10.0. The smallest absolute Gasteiger partial charge is 0.117 e. The van der Waals surface area contributed by atoms with Gasteiger partial charge in [0.15, 0.2) is 0 Å². The minimum Gasteiger partial charge on any atom is -0.396 e. The fourth-order valence-electron chi connectivity index (χ4n) is 2.00. The lowest BCUT2D eigenvalue weighted by Crippen LogP contribution is -1.94. The van der Waals surface area contributed by atoms with Gasteiger partial charge in [-0.15, -0.1) is 0 Å². The lowest BCUT2D eigenvalue weighted by molar-refractivity contribution is 0.884. The average Bonchev–Trinajstić information content (AvgIpc) is 2.84. The van der Waals surface area contributed by atoms with Crippen molar-refractivity contribution < 1.29 is 0 Å². The van der Waals surface area contributed by atoms with Gasteiger partial charge in [-0.25, -0.2) is 4.68 Å². The van der Waals surface area contributed by atoms with E-state index >= 15 is 0 Å². The van der Waals surface area contributed by atoms with Crippen LogP contribution in [0.15, 0.2) is 53.1 Å². The first kappa shape index (κ1) is 14.4. The Bertz CT molecular complexity index is 797. The van der Waals surface area contributed by atoms with Crippen molar-refractivity contribution >= 4 is 44.8 Å². The van der Waals surface area contributed by atoms with Gasteiger partial charge in [0.25, 0.3) is 0 Å². The third kappa shape index (κ3) is 2.93. The molecule has 3 rings (SSSR count). The van der Waals surface area contributed by atoms with Crippen LogP contribution in [0.5, 0.6) is 0 Å². The van der Waals surface area contributed by atoms with Crippen molar-refractivity contribution in [2.45, 2.75) is 0 Å². The molecular weight excluding hydrogens is 373 g/mol. The van der Waals surface area contributed by atoms with Gasteiger partial charge in [0.05, 0.1) is 22.6 Å². The third-order valence-electron chi connectivity index (χ3n) is 3.02. The van der Waals surface area contributed by atoms with Gasteiger partial charge in [0.2, 0.25) is 0 Å². The first-order valence-corrected chi connectivity index (χ1v) is 7.66. The van der Waals surface area contributed by atoms with Crippen LogP contribution >= 0.6 is 39.1 Å². The molecule has 2 aromatic carbocycles. The Morgan fingerprint density at radius 2 is 1.76 bits per heavy atom. The van der Waals surface area contributed by atoms with E-state index in [1.165, 1.54) is 0 Å². The summed E-state index contributed by atoms with van der Waals surface area (Å²) in [6, 6.07) is 13.0. The van der Waals surface area contributed by atoms with Crippen molar-refractivity contribution in [3.63, 3.8) is 0 Å². The topological polar surface area (TPSA) is 43.8 Å². The van der Waals surface area contributed by atoms with Gasteiger partial charge in [0, 0.05) is 15.1 Å². The summed E-state index contributed by atoms with van der Waals surface area (Å²) in [4.78, 5) is 0. The molecule has 0 fully saturated rings. The van der Waals surface area contributed by atoms with Gasteiger partial charge >= 0.3 is 0 Å². The molecule has 0 amide bonds. The Labute approximate surface area is 140 Å². The van der Waals surface area contributed by atoms with Gasteiger partial charge in [-0.1, -0.05) is 39.1 Å². The van der Waals surface area contributed by atoms with Crippen LogP contribution in [0.3, 0.4) is 0 Å². The van der Waals surface area contributed by atoms with Crippen LogP contribution in [0.4, 0.5) is 5.69 Å². The summed E-state index contributed by atoms with van der Waals surface area (Å²) in [5.41, 5.74) is 8.86. The highest BCUT2D eigenvalue weighted by molar-refractivity contribution is 9.10. The van der Waals surface area contributed by atoms with Crippen LogP contribution in [-0.4, -0.2) is 9.78 Å². The highest BCUT2D eigenvalue weighted by Crippen LogP contribution is 2.33. The van der Waals surface area contributed by atoms with Gasteiger partial charge in [-0.2, -0.15) is 5.10 Å². The molecule has 0 spiro atoms. The predicted octanol–water partition coefficient (Wildman–Crippen LogP) is 5.19. The molecule has 2 N–H and O–H groups in total. The number of aromatic nitrogens is 2. The monoisotopic (exact) mass is 381 g/mol. The molecule has 0 bridgehead atoms. The van der Waals surface area contributed by atoms with Crippen LogP contribution in [0.25, 0.3) is 16.9 Å². The number of anilines is 1. The Hall–Kier alpha value is -1.49. The third-order valence-corrected chi connectivity index (χ3v) is 4.11. The summed E-state index contributed by atoms with van der Waals surface area (Å²) < 4.78 is 2.72. The molecule has 0 unspecified atom stereocenters. The lowest BCUT2D eigenvalue weighted by Gasteiger charge is -2.03. The van der Waals surface area contributed by atoms with Gasteiger partial charge < -0.3 is 5.73 Å². The van der Waals surface area contributed by atoms with Crippen molar-refractivity contribution in [3.05, 3.63) is 63.2 Å². The minimum atomic E-state index is 0.544. The van der Waals surface area contributed by atoms with E-state index in [1.54, 1.807) is 29.1 Å². The first-order valence-electron chi connectivity index (χ1n) is 6.11. The van der Waals surface area contributed by atoms with E-state index in [0.29, 0.717) is 21.4 Å². The SMILES string of the molecule is Nc1cn(-c2ccc(Br)cc2)nc1-c1cc(Cl)ccc1Cl. The fourth-order valence-corrected chi connectivity index (χ4v) is 2.65. The van der Waals surface area contributed by atoms with E-state index in [1.807, 2.05) is 24.3 Å². The van der Waals surface area contributed by atoms with Crippen molar-refractivity contribution in [2.75, 3.05) is 5.73 Å². The zero-order valence-electron chi connectivity index (χ0n) is 10.7. The molecule has 3 aromatic rings. The Morgan fingerprint density at radius 1 is 1.05 bits per heavy atom. The van der Waals surface area contributed by atoms with Crippen LogP contribution in [0.1, 0.15) is 0 Å². The molecule has 0 radical (unpaired) electrons. The lowest BCUT2D eigenvalue weighted by atomic mass is 10.1. The van der Waals surface area contributed by atoms with Crippen molar-refractivity contribution in [1.29, 1.82) is 0 Å². The molecule has 0 atom stereocenters. The number of hydrogen-bond donors (Lipinski definition) is 1. The van der Waals surface area contributed by atoms with Crippen LogP contribution in [-0.2, 0) is 0 Å². The maximum atomic E-state index is 6.21. The zero-order valence-corrected chi connectivity index (χ0v) is 13.8. The molecule has 3 nitrogen and oxygen atoms in total. The standard InChI is InChI=1S/C15H10BrCl2N3/c16-9-1-4-11(5-2-9)21-8-14(19)15(20-21)12-7-10(17)3-6-13(12)18/h1-8H,19H2. The van der Waals surface area contributed by atoms with E-state index in [4.69, 9.17) is 28.9 Å². The quantitative estimate of drug-likeness (QED) is 0.662.